The van der Waals surface area contributed by atoms with Crippen molar-refractivity contribution in [2.75, 3.05) is 5.32 Å². The third-order valence-corrected chi connectivity index (χ3v) is 4.67. The number of carbonyl (C=O) groups is 2. The van der Waals surface area contributed by atoms with Crippen LogP contribution in [0.3, 0.4) is 0 Å². The lowest BCUT2D eigenvalue weighted by Gasteiger charge is -2.19. The van der Waals surface area contributed by atoms with Crippen LogP contribution in [0.4, 0.5) is 5.69 Å². The molecule has 0 radical (unpaired) electrons. The Bertz CT molecular complexity index is 1090. The van der Waals surface area contributed by atoms with Gasteiger partial charge in [0.15, 0.2) is 11.5 Å². The standard InChI is InChI=1S/C23H17ClN2O3/c24-18-11-7-16(8-12-18)14-25-22(27)17-9-5-15(6-10-17)13-21-23(28)26-19-3-1-2-4-20(19)29-21/h1-13H,14H2,(H,25,27)(H,26,28)/b21-13-. The van der Waals surface area contributed by atoms with Gasteiger partial charge in [-0.2, -0.15) is 0 Å². The second-order valence-electron chi connectivity index (χ2n) is 6.49. The zero-order chi connectivity index (χ0) is 20.2. The van der Waals surface area contributed by atoms with Crippen LogP contribution in [-0.4, -0.2) is 11.8 Å². The Kier molecular flexibility index (Phi) is 5.31. The molecule has 0 fully saturated rings. The van der Waals surface area contributed by atoms with Crippen LogP contribution in [0.1, 0.15) is 21.5 Å². The summed E-state index contributed by atoms with van der Waals surface area (Å²) in [7, 11) is 0. The Morgan fingerprint density at radius 2 is 1.72 bits per heavy atom. The predicted molar refractivity (Wildman–Crippen MR) is 113 cm³/mol. The van der Waals surface area contributed by atoms with Gasteiger partial charge in [0.1, 0.15) is 0 Å². The quantitative estimate of drug-likeness (QED) is 0.622. The van der Waals surface area contributed by atoms with Gasteiger partial charge in [0, 0.05) is 17.1 Å². The van der Waals surface area contributed by atoms with Crippen LogP contribution >= 0.6 is 11.6 Å². The van der Waals surface area contributed by atoms with Gasteiger partial charge in [0.2, 0.25) is 0 Å². The second kappa shape index (κ2) is 8.20. The highest BCUT2D eigenvalue weighted by atomic mass is 35.5. The normalized spacial score (nSPS) is 14.0. The molecule has 0 aromatic heterocycles. The average Bonchev–Trinajstić information content (AvgIpc) is 2.74. The van der Waals surface area contributed by atoms with Gasteiger partial charge in [-0.1, -0.05) is 48.0 Å². The number of fused-ring (bicyclic) bond motifs is 1. The van der Waals surface area contributed by atoms with Gasteiger partial charge in [0.25, 0.3) is 11.8 Å². The first-order chi connectivity index (χ1) is 14.1. The van der Waals surface area contributed by atoms with Crippen LogP contribution in [0.25, 0.3) is 6.08 Å². The van der Waals surface area contributed by atoms with Gasteiger partial charge >= 0.3 is 0 Å². The summed E-state index contributed by atoms with van der Waals surface area (Å²) in [5.74, 6) is 0.299. The Labute approximate surface area is 173 Å². The molecule has 0 unspecified atom stereocenters. The first kappa shape index (κ1) is 18.8. The predicted octanol–water partition coefficient (Wildman–Crippen LogP) is 4.64. The van der Waals surface area contributed by atoms with Gasteiger partial charge in [-0.3, -0.25) is 9.59 Å². The number of ether oxygens (including phenoxy) is 1. The van der Waals surface area contributed by atoms with E-state index in [1.807, 2.05) is 24.3 Å². The Morgan fingerprint density at radius 1 is 1.00 bits per heavy atom. The molecule has 3 aromatic carbocycles. The molecule has 0 atom stereocenters. The molecule has 6 heteroatoms. The van der Waals surface area contributed by atoms with Gasteiger partial charge < -0.3 is 15.4 Å². The maximum Gasteiger partial charge on any atom is 0.291 e. The summed E-state index contributed by atoms with van der Waals surface area (Å²) in [4.78, 5) is 24.5. The lowest BCUT2D eigenvalue weighted by molar-refractivity contribution is -0.115. The number of benzene rings is 3. The van der Waals surface area contributed by atoms with E-state index < -0.39 is 0 Å². The highest BCUT2D eigenvalue weighted by Crippen LogP contribution is 2.30. The number of hydrogen-bond donors (Lipinski definition) is 2. The smallest absolute Gasteiger partial charge is 0.291 e. The lowest BCUT2D eigenvalue weighted by Crippen LogP contribution is -2.23. The second-order valence-corrected chi connectivity index (χ2v) is 6.93. The summed E-state index contributed by atoms with van der Waals surface area (Å²) < 4.78 is 5.68. The van der Waals surface area contributed by atoms with E-state index in [0.717, 1.165) is 11.1 Å². The van der Waals surface area contributed by atoms with Crippen molar-refractivity contribution >= 4 is 35.2 Å². The molecule has 0 spiro atoms. The number of rotatable bonds is 4. The summed E-state index contributed by atoms with van der Waals surface area (Å²) in [6, 6.07) is 21.5. The molecule has 29 heavy (non-hydrogen) atoms. The minimum Gasteiger partial charge on any atom is -0.449 e. The fraction of sp³-hybridized carbons (Fsp3) is 0.0435. The van der Waals surface area contributed by atoms with E-state index in [1.165, 1.54) is 0 Å². The Balaban J connectivity index is 1.42. The van der Waals surface area contributed by atoms with E-state index in [9.17, 15) is 9.59 Å². The summed E-state index contributed by atoms with van der Waals surface area (Å²) >= 11 is 5.86. The molecule has 0 saturated heterocycles. The summed E-state index contributed by atoms with van der Waals surface area (Å²) in [6.45, 7) is 0.412. The highest BCUT2D eigenvalue weighted by Gasteiger charge is 2.21. The van der Waals surface area contributed by atoms with Crippen molar-refractivity contribution in [3.8, 4) is 5.75 Å². The largest absolute Gasteiger partial charge is 0.449 e. The zero-order valence-corrected chi connectivity index (χ0v) is 16.1. The molecular weight excluding hydrogens is 388 g/mol. The number of nitrogens with one attached hydrogen (secondary N) is 2. The van der Waals surface area contributed by atoms with Gasteiger partial charge in [-0.05, 0) is 53.6 Å². The van der Waals surface area contributed by atoms with Crippen LogP contribution < -0.4 is 15.4 Å². The first-order valence-corrected chi connectivity index (χ1v) is 9.39. The molecule has 1 aliphatic heterocycles. The number of hydrogen-bond acceptors (Lipinski definition) is 3. The molecule has 4 rings (SSSR count). The molecular formula is C23H17ClN2O3. The summed E-state index contributed by atoms with van der Waals surface area (Å²) in [5.41, 5.74) is 2.89. The van der Waals surface area contributed by atoms with Crippen molar-refractivity contribution < 1.29 is 14.3 Å². The van der Waals surface area contributed by atoms with Crippen molar-refractivity contribution in [3.63, 3.8) is 0 Å². The zero-order valence-electron chi connectivity index (χ0n) is 15.3. The van der Waals surface area contributed by atoms with E-state index in [4.69, 9.17) is 16.3 Å². The third kappa shape index (κ3) is 4.47. The molecule has 0 saturated carbocycles. The van der Waals surface area contributed by atoms with Crippen molar-refractivity contribution in [3.05, 3.63) is 100 Å². The fourth-order valence-electron chi connectivity index (χ4n) is 2.87. The maximum atomic E-state index is 12.3. The molecule has 144 valence electrons. The minimum atomic E-state index is -0.312. The van der Waals surface area contributed by atoms with Crippen molar-refractivity contribution in [2.24, 2.45) is 0 Å². The Hall–Kier alpha value is -3.57. The van der Waals surface area contributed by atoms with E-state index >= 15 is 0 Å². The van der Waals surface area contributed by atoms with Crippen LogP contribution in [0.2, 0.25) is 5.02 Å². The number of halogens is 1. The van der Waals surface area contributed by atoms with Crippen molar-refractivity contribution in [1.29, 1.82) is 0 Å². The van der Waals surface area contributed by atoms with Gasteiger partial charge in [-0.15, -0.1) is 0 Å². The molecule has 5 nitrogen and oxygen atoms in total. The summed E-state index contributed by atoms with van der Waals surface area (Å²) in [5, 5.41) is 6.31. The SMILES string of the molecule is O=C1Nc2ccccc2O/C1=C\c1ccc(C(=O)NCc2ccc(Cl)cc2)cc1. The maximum absolute atomic E-state index is 12.3. The topological polar surface area (TPSA) is 67.4 Å². The summed E-state index contributed by atoms with van der Waals surface area (Å²) in [6.07, 6.45) is 1.64. The number of anilines is 1. The Morgan fingerprint density at radius 3 is 2.48 bits per heavy atom. The number of amides is 2. The van der Waals surface area contributed by atoms with Crippen LogP contribution in [-0.2, 0) is 11.3 Å². The molecule has 0 aliphatic carbocycles. The molecule has 2 amide bonds. The molecule has 3 aromatic rings. The van der Waals surface area contributed by atoms with E-state index in [-0.39, 0.29) is 17.6 Å². The number of carbonyl (C=O) groups excluding carboxylic acids is 2. The van der Waals surface area contributed by atoms with Crippen molar-refractivity contribution in [1.82, 2.24) is 5.32 Å². The van der Waals surface area contributed by atoms with Gasteiger partial charge in [-0.25, -0.2) is 0 Å². The lowest BCUT2D eigenvalue weighted by atomic mass is 10.1. The van der Waals surface area contributed by atoms with E-state index in [1.54, 1.807) is 54.6 Å². The minimum absolute atomic E-state index is 0.181. The average molecular weight is 405 g/mol. The monoisotopic (exact) mass is 404 g/mol. The highest BCUT2D eigenvalue weighted by molar-refractivity contribution is 6.30. The van der Waals surface area contributed by atoms with Crippen molar-refractivity contribution in [2.45, 2.75) is 6.54 Å². The molecule has 1 heterocycles. The third-order valence-electron chi connectivity index (χ3n) is 4.42. The van der Waals surface area contributed by atoms with Crippen LogP contribution in [0.5, 0.6) is 5.75 Å². The molecule has 2 N–H and O–H groups in total. The first-order valence-electron chi connectivity index (χ1n) is 9.01. The fourth-order valence-corrected chi connectivity index (χ4v) is 3.00. The van der Waals surface area contributed by atoms with Gasteiger partial charge in [0.05, 0.1) is 5.69 Å². The molecule has 0 bridgehead atoms. The van der Waals surface area contributed by atoms with Crippen LogP contribution in [0.15, 0.2) is 78.6 Å². The van der Waals surface area contributed by atoms with E-state index in [0.29, 0.717) is 28.6 Å². The van der Waals surface area contributed by atoms with Crippen LogP contribution in [0, 0.1) is 0 Å². The van der Waals surface area contributed by atoms with E-state index in [2.05, 4.69) is 10.6 Å². The number of para-hydroxylation sites is 2. The molecule has 1 aliphatic rings.